The van der Waals surface area contributed by atoms with Gasteiger partial charge in [0.1, 0.15) is 0 Å². The molecule has 0 atom stereocenters. The predicted molar refractivity (Wildman–Crippen MR) is 66.9 cm³/mol. The molecule has 0 bridgehead atoms. The molecule has 3 heteroatoms. The van der Waals surface area contributed by atoms with E-state index >= 15 is 0 Å². The Morgan fingerprint density at radius 2 is 1.71 bits per heavy atom. The van der Waals surface area contributed by atoms with E-state index < -0.39 is 8.32 Å². The van der Waals surface area contributed by atoms with Crippen LogP contribution < -0.4 is 0 Å². The van der Waals surface area contributed by atoms with Crippen LogP contribution in [-0.2, 0) is 4.43 Å². The van der Waals surface area contributed by atoms with Crippen molar-refractivity contribution in [2.24, 2.45) is 0 Å². The van der Waals surface area contributed by atoms with Crippen molar-refractivity contribution in [3.8, 4) is 0 Å². The topological polar surface area (TPSA) is 9.23 Å². The molecule has 0 aromatic carbocycles. The van der Waals surface area contributed by atoms with Crippen LogP contribution in [0.1, 0.15) is 27.7 Å². The van der Waals surface area contributed by atoms with Gasteiger partial charge in [-0.1, -0.05) is 0 Å². The molecule has 0 aliphatic heterocycles. The first kappa shape index (κ1) is 14.1. The Bertz CT molecular complexity index is 199. The molecule has 14 heavy (non-hydrogen) atoms. The van der Waals surface area contributed by atoms with Gasteiger partial charge in [0.05, 0.1) is 0 Å². The molecule has 0 unspecified atom stereocenters. The summed E-state index contributed by atoms with van der Waals surface area (Å²) in [6.45, 7) is 8.79. The molecule has 0 aromatic heterocycles. The third-order valence-electron chi connectivity index (χ3n) is 2.88. The van der Waals surface area contributed by atoms with Crippen LogP contribution in [0, 0.1) is 0 Å². The molecular weight excluding hydrogens is 183 g/mol. The summed E-state index contributed by atoms with van der Waals surface area (Å²) in [5.74, 6) is 1.05. The van der Waals surface area contributed by atoms with Gasteiger partial charge in [0.15, 0.2) is 0 Å². The van der Waals surface area contributed by atoms with E-state index in [1.807, 2.05) is 29.4 Å². The number of allylic oxidation sites excluding steroid dienone is 2. The molecule has 0 spiro atoms. The summed E-state index contributed by atoms with van der Waals surface area (Å²) in [7, 11) is -1.46. The van der Waals surface area contributed by atoms with E-state index in [1.165, 1.54) is 18.1 Å². The minimum absolute atomic E-state index is 1.05. The molecule has 1 nitrogen and oxygen atoms in total. The minimum atomic E-state index is -1.46. The maximum atomic E-state index is 6.19. The van der Waals surface area contributed by atoms with E-state index in [9.17, 15) is 0 Å². The van der Waals surface area contributed by atoms with Crippen molar-refractivity contribution in [1.82, 2.24) is 0 Å². The molecule has 0 aromatic rings. The number of rotatable bonds is 6. The van der Waals surface area contributed by atoms with E-state index in [-0.39, 0.29) is 0 Å². The van der Waals surface area contributed by atoms with E-state index in [1.54, 1.807) is 0 Å². The van der Waals surface area contributed by atoms with Gasteiger partial charge in [0, 0.05) is 0 Å². The fourth-order valence-electron chi connectivity index (χ4n) is 1.57. The average molecular weight is 204 g/mol. The second-order valence-electron chi connectivity index (χ2n) is 3.54. The zero-order valence-corrected chi connectivity index (χ0v) is 11.3. The Kier molecular flexibility index (Phi) is 7.44. The van der Waals surface area contributed by atoms with Gasteiger partial charge < -0.3 is 0 Å². The average Bonchev–Trinajstić information content (AvgIpc) is 2.25. The molecule has 0 rings (SSSR count). The molecule has 0 N–H and O–H groups in total. The van der Waals surface area contributed by atoms with Crippen LogP contribution in [0.5, 0.6) is 0 Å². The Morgan fingerprint density at radius 3 is 2.00 bits per heavy atom. The van der Waals surface area contributed by atoms with Gasteiger partial charge in [0.2, 0.25) is 0 Å². The fraction of sp³-hybridized carbons (Fsp3) is 0.636. The van der Waals surface area contributed by atoms with Crippen molar-refractivity contribution in [2.45, 2.75) is 45.8 Å². The first-order chi connectivity index (χ1) is 6.67. The van der Waals surface area contributed by atoms with Crippen LogP contribution in [0.4, 0.5) is 0 Å². The molecule has 0 fully saturated rings. The number of hydrogen-bond donors (Lipinski definition) is 0. The summed E-state index contributed by atoms with van der Waals surface area (Å²) in [4.78, 5) is 0. The van der Waals surface area contributed by atoms with Gasteiger partial charge in [-0.15, -0.1) is 0 Å². The van der Waals surface area contributed by atoms with E-state index in [0.29, 0.717) is 0 Å². The van der Waals surface area contributed by atoms with E-state index in [4.69, 9.17) is 4.43 Å². The molecule has 0 saturated heterocycles. The fourth-order valence-corrected chi connectivity index (χ4v) is 4.19. The van der Waals surface area contributed by atoms with Crippen LogP contribution in [-0.4, -0.2) is 26.0 Å². The van der Waals surface area contributed by atoms with Gasteiger partial charge in [0.25, 0.3) is 0 Å². The van der Waals surface area contributed by atoms with Crippen LogP contribution in [0.3, 0.4) is 0 Å². The van der Waals surface area contributed by atoms with Crippen LogP contribution in [0.2, 0.25) is 18.1 Å². The third-order valence-corrected chi connectivity index (χ3v) is 7.42. The molecule has 0 aliphatic carbocycles. The molecule has 0 amide bonds. The van der Waals surface area contributed by atoms with Gasteiger partial charge in [-0.2, -0.15) is 0 Å². The second kappa shape index (κ2) is 7.39. The monoisotopic (exact) mass is 204 g/mol. The first-order valence-electron chi connectivity index (χ1n) is 5.66. The van der Waals surface area contributed by atoms with Gasteiger partial charge >= 0.3 is 98.9 Å². The van der Waals surface area contributed by atoms with Crippen molar-refractivity contribution < 1.29 is 4.43 Å². The van der Waals surface area contributed by atoms with Crippen molar-refractivity contribution in [1.29, 1.82) is 0 Å². The summed E-state index contributed by atoms with van der Waals surface area (Å²) in [6.07, 6.45) is 4.12. The van der Waals surface area contributed by atoms with Crippen LogP contribution in [0.25, 0.3) is 0 Å². The van der Waals surface area contributed by atoms with Crippen molar-refractivity contribution >= 4 is 26.0 Å². The molecule has 0 heterocycles. The summed E-state index contributed by atoms with van der Waals surface area (Å²) < 4.78 is 8.23. The van der Waals surface area contributed by atoms with Gasteiger partial charge in [-0.3, -0.25) is 0 Å². The SMILES string of the molecule is [Li][CH]=CC(=CC)O[Si](CC)(CC)CC. The van der Waals surface area contributed by atoms with Gasteiger partial charge in [-0.25, -0.2) is 0 Å². The van der Waals surface area contributed by atoms with E-state index in [2.05, 4.69) is 32.9 Å². The molecule has 0 radical (unpaired) electrons. The zero-order chi connectivity index (χ0) is 11.0. The molecule has 76 valence electrons. The van der Waals surface area contributed by atoms with Crippen molar-refractivity contribution in [3.63, 3.8) is 0 Å². The normalized spacial score (nSPS) is 13.7. The predicted octanol–water partition coefficient (Wildman–Crippen LogP) is 3.59. The van der Waals surface area contributed by atoms with Gasteiger partial charge in [-0.05, 0) is 0 Å². The molecule has 0 aliphatic rings. The van der Waals surface area contributed by atoms with Crippen molar-refractivity contribution in [3.05, 3.63) is 22.7 Å². The third kappa shape index (κ3) is 4.08. The van der Waals surface area contributed by atoms with Crippen LogP contribution in [0.15, 0.2) is 22.7 Å². The summed E-state index contributed by atoms with van der Waals surface area (Å²) in [5.41, 5.74) is 0. The second-order valence-corrected chi connectivity index (χ2v) is 8.23. The number of hydrogen-bond acceptors (Lipinski definition) is 1. The Balaban J connectivity index is 4.57. The Labute approximate surface area is 98.9 Å². The quantitative estimate of drug-likeness (QED) is 0.365. The summed E-state index contributed by atoms with van der Waals surface area (Å²) in [6, 6.07) is 3.61. The Morgan fingerprint density at radius 1 is 1.21 bits per heavy atom. The molecular formula is C11H21LiOSi. The first-order valence-corrected chi connectivity index (χ1v) is 8.19. The zero-order valence-electron chi connectivity index (χ0n) is 10.3. The van der Waals surface area contributed by atoms with Crippen molar-refractivity contribution in [2.75, 3.05) is 0 Å². The van der Waals surface area contributed by atoms with E-state index in [0.717, 1.165) is 5.76 Å². The molecule has 0 saturated carbocycles. The van der Waals surface area contributed by atoms with Crippen LogP contribution >= 0.6 is 0 Å². The summed E-state index contributed by atoms with van der Waals surface area (Å²) >= 11 is 2.03. The summed E-state index contributed by atoms with van der Waals surface area (Å²) in [5, 5.41) is 0. The maximum absolute atomic E-state index is 6.19. The Hall–Kier alpha value is 0.0943. The standard InChI is InChI=1S/C11H21OSi.Li/c1-6-11(7-2)12-13(8-3,9-4)10-5;/h1,6-7H,8-10H2,2-5H3;.